The molecule has 144 valence electrons. The molecule has 27 heavy (non-hydrogen) atoms. The molecule has 1 fully saturated rings. The molecule has 0 radical (unpaired) electrons. The van der Waals surface area contributed by atoms with Gasteiger partial charge in [-0.15, -0.1) is 0 Å². The molecule has 0 spiro atoms. The van der Waals surface area contributed by atoms with Gasteiger partial charge in [0.25, 0.3) is 5.91 Å². The van der Waals surface area contributed by atoms with Gasteiger partial charge in [0.2, 0.25) is 11.8 Å². The topological polar surface area (TPSA) is 86.7 Å². The van der Waals surface area contributed by atoms with Gasteiger partial charge in [0.15, 0.2) is 0 Å². The summed E-state index contributed by atoms with van der Waals surface area (Å²) in [5.41, 5.74) is 0.561. The Morgan fingerprint density at radius 3 is 2.56 bits per heavy atom. The molecular weight excluding hydrogens is 348 g/mol. The van der Waals surface area contributed by atoms with Gasteiger partial charge in [0.1, 0.15) is 6.10 Å². The molecule has 8 heteroatoms. The van der Waals surface area contributed by atoms with Crippen molar-refractivity contribution in [2.75, 3.05) is 20.2 Å². The standard InChI is InChI=1S/C19H24N4O4/c1-13(2)26-16-5-4-14(12-21-16)18(24)23-10-7-15(8-11-23)27-17-6-9-20-19(22-17)25-3/h4-6,9,12-13,15H,7-8,10-11H2,1-3H3. The normalized spacial score (nSPS) is 14.9. The maximum absolute atomic E-state index is 12.6. The maximum Gasteiger partial charge on any atom is 0.319 e. The largest absolute Gasteiger partial charge is 0.475 e. The Morgan fingerprint density at radius 2 is 1.93 bits per heavy atom. The molecule has 1 aliphatic heterocycles. The Kier molecular flexibility index (Phi) is 6.05. The quantitative estimate of drug-likeness (QED) is 0.769. The molecule has 3 rings (SSSR count). The molecular formula is C19H24N4O4. The molecule has 0 bridgehead atoms. The summed E-state index contributed by atoms with van der Waals surface area (Å²) in [6, 6.07) is 5.46. The molecule has 0 atom stereocenters. The Hall–Kier alpha value is -2.90. The van der Waals surface area contributed by atoms with Crippen LogP contribution in [0.2, 0.25) is 0 Å². The lowest BCUT2D eigenvalue weighted by Gasteiger charge is -2.32. The van der Waals surface area contributed by atoms with E-state index < -0.39 is 0 Å². The van der Waals surface area contributed by atoms with Crippen molar-refractivity contribution >= 4 is 5.91 Å². The Labute approximate surface area is 158 Å². The summed E-state index contributed by atoms with van der Waals surface area (Å²) in [5.74, 6) is 0.978. The van der Waals surface area contributed by atoms with E-state index in [-0.39, 0.29) is 24.1 Å². The lowest BCUT2D eigenvalue weighted by atomic mass is 10.1. The van der Waals surface area contributed by atoms with Gasteiger partial charge in [0, 0.05) is 50.5 Å². The first-order chi connectivity index (χ1) is 13.0. The van der Waals surface area contributed by atoms with E-state index in [4.69, 9.17) is 14.2 Å². The van der Waals surface area contributed by atoms with Crippen molar-refractivity contribution in [3.05, 3.63) is 36.2 Å². The van der Waals surface area contributed by atoms with E-state index in [9.17, 15) is 4.79 Å². The Balaban J connectivity index is 1.53. The number of amides is 1. The van der Waals surface area contributed by atoms with Gasteiger partial charge < -0.3 is 19.1 Å². The molecule has 0 saturated carbocycles. The van der Waals surface area contributed by atoms with Crippen molar-refractivity contribution in [1.29, 1.82) is 0 Å². The molecule has 0 aliphatic carbocycles. The van der Waals surface area contributed by atoms with E-state index in [1.54, 1.807) is 30.6 Å². The highest BCUT2D eigenvalue weighted by atomic mass is 16.5. The third kappa shape index (κ3) is 5.06. The molecule has 0 unspecified atom stereocenters. The van der Waals surface area contributed by atoms with Crippen LogP contribution < -0.4 is 14.2 Å². The van der Waals surface area contributed by atoms with E-state index in [0.717, 1.165) is 12.8 Å². The van der Waals surface area contributed by atoms with Crippen molar-refractivity contribution in [2.24, 2.45) is 0 Å². The SMILES string of the molecule is COc1nccc(OC2CCN(C(=O)c3ccc(OC(C)C)nc3)CC2)n1. The number of carbonyl (C=O) groups excluding carboxylic acids is 1. The number of rotatable bonds is 6. The average molecular weight is 372 g/mol. The first kappa shape index (κ1) is 18.9. The zero-order valence-electron chi connectivity index (χ0n) is 15.8. The monoisotopic (exact) mass is 372 g/mol. The second kappa shape index (κ2) is 8.66. The summed E-state index contributed by atoms with van der Waals surface area (Å²) in [7, 11) is 1.51. The number of pyridine rings is 1. The van der Waals surface area contributed by atoms with Gasteiger partial charge in [-0.1, -0.05) is 0 Å². The van der Waals surface area contributed by atoms with Crippen molar-refractivity contribution in [3.8, 4) is 17.8 Å². The van der Waals surface area contributed by atoms with Crippen molar-refractivity contribution < 1.29 is 19.0 Å². The lowest BCUT2D eigenvalue weighted by Crippen LogP contribution is -2.41. The van der Waals surface area contributed by atoms with Crippen LogP contribution in [0.4, 0.5) is 0 Å². The van der Waals surface area contributed by atoms with Gasteiger partial charge in [-0.3, -0.25) is 4.79 Å². The summed E-state index contributed by atoms with van der Waals surface area (Å²) < 4.78 is 16.4. The van der Waals surface area contributed by atoms with Crippen LogP contribution in [0, 0.1) is 0 Å². The van der Waals surface area contributed by atoms with Gasteiger partial charge in [-0.05, 0) is 19.9 Å². The third-order valence-electron chi connectivity index (χ3n) is 4.15. The van der Waals surface area contributed by atoms with Crippen LogP contribution in [-0.4, -0.2) is 58.2 Å². The summed E-state index contributed by atoms with van der Waals surface area (Å²) in [5, 5.41) is 0. The molecule has 1 saturated heterocycles. The van der Waals surface area contributed by atoms with E-state index in [1.165, 1.54) is 7.11 Å². The molecule has 3 heterocycles. The van der Waals surface area contributed by atoms with Crippen LogP contribution in [0.5, 0.6) is 17.8 Å². The number of ether oxygens (including phenoxy) is 3. The zero-order valence-corrected chi connectivity index (χ0v) is 15.8. The number of hydrogen-bond acceptors (Lipinski definition) is 7. The van der Waals surface area contributed by atoms with Crippen LogP contribution in [0.25, 0.3) is 0 Å². The fourth-order valence-corrected chi connectivity index (χ4v) is 2.84. The summed E-state index contributed by atoms with van der Waals surface area (Å²) in [4.78, 5) is 26.8. The lowest BCUT2D eigenvalue weighted by molar-refractivity contribution is 0.0586. The molecule has 0 N–H and O–H groups in total. The first-order valence-electron chi connectivity index (χ1n) is 9.01. The van der Waals surface area contributed by atoms with Crippen LogP contribution in [0.1, 0.15) is 37.0 Å². The predicted octanol–water partition coefficient (Wildman–Crippen LogP) is 2.35. The molecule has 0 aromatic carbocycles. The van der Waals surface area contributed by atoms with Crippen molar-refractivity contribution in [2.45, 2.75) is 38.9 Å². The average Bonchev–Trinajstić information content (AvgIpc) is 2.68. The highest BCUT2D eigenvalue weighted by molar-refractivity contribution is 5.94. The molecule has 2 aromatic rings. The number of likely N-dealkylation sites (tertiary alicyclic amines) is 1. The van der Waals surface area contributed by atoms with Gasteiger partial charge in [-0.25, -0.2) is 9.97 Å². The minimum absolute atomic E-state index is 0.00796. The molecule has 1 amide bonds. The zero-order chi connectivity index (χ0) is 19.2. The Bertz CT molecular complexity index is 759. The summed E-state index contributed by atoms with van der Waals surface area (Å²) in [6.07, 6.45) is 4.69. The highest BCUT2D eigenvalue weighted by Crippen LogP contribution is 2.20. The van der Waals surface area contributed by atoms with E-state index in [1.807, 2.05) is 18.7 Å². The predicted molar refractivity (Wildman–Crippen MR) is 98.1 cm³/mol. The molecule has 8 nitrogen and oxygen atoms in total. The first-order valence-corrected chi connectivity index (χ1v) is 9.01. The minimum Gasteiger partial charge on any atom is -0.475 e. The van der Waals surface area contributed by atoms with Gasteiger partial charge in [0.05, 0.1) is 18.8 Å². The van der Waals surface area contributed by atoms with E-state index in [2.05, 4.69) is 15.0 Å². The van der Waals surface area contributed by atoms with Crippen molar-refractivity contribution in [1.82, 2.24) is 19.9 Å². The molecule has 2 aromatic heterocycles. The Morgan fingerprint density at radius 1 is 1.15 bits per heavy atom. The second-order valence-corrected chi connectivity index (χ2v) is 6.54. The van der Waals surface area contributed by atoms with Crippen LogP contribution in [0.15, 0.2) is 30.6 Å². The van der Waals surface area contributed by atoms with Crippen LogP contribution in [-0.2, 0) is 0 Å². The maximum atomic E-state index is 12.6. The third-order valence-corrected chi connectivity index (χ3v) is 4.15. The number of methoxy groups -OCH3 is 1. The minimum atomic E-state index is -0.0271. The summed E-state index contributed by atoms with van der Waals surface area (Å²) >= 11 is 0. The number of nitrogens with zero attached hydrogens (tertiary/aromatic N) is 4. The highest BCUT2D eigenvalue weighted by Gasteiger charge is 2.25. The van der Waals surface area contributed by atoms with Gasteiger partial charge >= 0.3 is 6.01 Å². The number of carbonyl (C=O) groups is 1. The molecule has 1 aliphatic rings. The smallest absolute Gasteiger partial charge is 0.319 e. The summed E-state index contributed by atoms with van der Waals surface area (Å²) in [6.45, 7) is 5.11. The van der Waals surface area contributed by atoms with Crippen LogP contribution >= 0.6 is 0 Å². The second-order valence-electron chi connectivity index (χ2n) is 6.54. The van der Waals surface area contributed by atoms with Gasteiger partial charge in [-0.2, -0.15) is 4.98 Å². The van der Waals surface area contributed by atoms with E-state index in [0.29, 0.717) is 30.4 Å². The number of aromatic nitrogens is 3. The fourth-order valence-electron chi connectivity index (χ4n) is 2.84. The number of hydrogen-bond donors (Lipinski definition) is 0. The van der Waals surface area contributed by atoms with Crippen molar-refractivity contribution in [3.63, 3.8) is 0 Å². The van der Waals surface area contributed by atoms with Crippen LogP contribution in [0.3, 0.4) is 0 Å². The fraction of sp³-hybridized carbons (Fsp3) is 0.474. The number of piperidine rings is 1. The van der Waals surface area contributed by atoms with E-state index >= 15 is 0 Å².